The molecular weight excluding hydrogens is 394 g/mol. The summed E-state index contributed by atoms with van der Waals surface area (Å²) in [7, 11) is 0. The Labute approximate surface area is 170 Å². The van der Waals surface area contributed by atoms with E-state index in [9.17, 15) is 8.78 Å². The van der Waals surface area contributed by atoms with E-state index in [0.717, 1.165) is 28.7 Å². The average Bonchev–Trinajstić information content (AvgIpc) is 3.55. The molecule has 5 nitrogen and oxygen atoms in total. The Hall–Kier alpha value is -3.18. The number of ether oxygens (including phenoxy) is 1. The zero-order chi connectivity index (χ0) is 20.2. The van der Waals surface area contributed by atoms with Crippen LogP contribution >= 0.6 is 11.8 Å². The molecule has 4 rings (SSSR count). The highest BCUT2D eigenvalue weighted by molar-refractivity contribution is 7.99. The van der Waals surface area contributed by atoms with Gasteiger partial charge in [0.25, 0.3) is 0 Å². The fourth-order valence-corrected chi connectivity index (χ4v) is 3.59. The van der Waals surface area contributed by atoms with Gasteiger partial charge in [0, 0.05) is 29.1 Å². The second-order valence-corrected chi connectivity index (χ2v) is 7.71. The first-order valence-corrected chi connectivity index (χ1v) is 9.98. The van der Waals surface area contributed by atoms with Crippen LogP contribution in [-0.4, -0.2) is 15.7 Å². The summed E-state index contributed by atoms with van der Waals surface area (Å²) < 4.78 is 33.0. The minimum Gasteiger partial charge on any atom is -0.450 e. The highest BCUT2D eigenvalue weighted by Gasteiger charge is 2.21. The molecular formula is C21H16F2N4OS. The number of nitrogens with zero attached hydrogens (tertiary/aromatic N) is 3. The van der Waals surface area contributed by atoms with Crippen molar-refractivity contribution in [3.8, 4) is 17.6 Å². The summed E-state index contributed by atoms with van der Waals surface area (Å²) in [6.07, 6.45) is 5.64. The number of hydrogen-bond donors (Lipinski definition) is 1. The number of nitriles is 1. The van der Waals surface area contributed by atoms with Crippen molar-refractivity contribution >= 4 is 23.4 Å². The number of thioether (sulfide) groups is 1. The summed E-state index contributed by atoms with van der Waals surface area (Å²) in [5.41, 5.74) is 0.431. The van der Waals surface area contributed by atoms with E-state index in [1.54, 1.807) is 36.2 Å². The SMILES string of the molecule is N#Cc1ccc(Nc2ncc(SCC3CC3)cc2Oc2ccc(F)cc2F)nc1. The summed E-state index contributed by atoms with van der Waals surface area (Å²) in [5, 5.41) is 11.9. The van der Waals surface area contributed by atoms with E-state index in [0.29, 0.717) is 22.9 Å². The molecule has 0 bridgehead atoms. The fourth-order valence-electron chi connectivity index (χ4n) is 2.51. The summed E-state index contributed by atoms with van der Waals surface area (Å²) in [5.74, 6) is 1.23. The van der Waals surface area contributed by atoms with E-state index >= 15 is 0 Å². The summed E-state index contributed by atoms with van der Waals surface area (Å²) in [6.45, 7) is 0. The van der Waals surface area contributed by atoms with Crippen LogP contribution in [0.3, 0.4) is 0 Å². The molecule has 0 aliphatic heterocycles. The third kappa shape index (κ3) is 5.00. The molecule has 0 saturated heterocycles. The van der Waals surface area contributed by atoms with Gasteiger partial charge in [-0.1, -0.05) is 0 Å². The van der Waals surface area contributed by atoms with Crippen LogP contribution in [0.15, 0.2) is 53.7 Å². The number of benzene rings is 1. The Morgan fingerprint density at radius 3 is 2.66 bits per heavy atom. The van der Waals surface area contributed by atoms with Gasteiger partial charge >= 0.3 is 0 Å². The number of rotatable bonds is 7. The second-order valence-electron chi connectivity index (χ2n) is 6.62. The van der Waals surface area contributed by atoms with Crippen LogP contribution < -0.4 is 10.1 Å². The zero-order valence-corrected chi connectivity index (χ0v) is 16.0. The summed E-state index contributed by atoms with van der Waals surface area (Å²) in [4.78, 5) is 9.45. The van der Waals surface area contributed by atoms with Gasteiger partial charge in [-0.25, -0.2) is 18.7 Å². The van der Waals surface area contributed by atoms with E-state index in [2.05, 4.69) is 15.3 Å². The average molecular weight is 410 g/mol. The first-order chi connectivity index (χ1) is 14.1. The van der Waals surface area contributed by atoms with Crippen molar-refractivity contribution in [3.63, 3.8) is 0 Å². The molecule has 0 unspecified atom stereocenters. The van der Waals surface area contributed by atoms with Crippen LogP contribution in [0.1, 0.15) is 18.4 Å². The molecule has 0 radical (unpaired) electrons. The van der Waals surface area contributed by atoms with E-state index in [1.165, 1.54) is 25.1 Å². The van der Waals surface area contributed by atoms with Crippen LogP contribution in [0.5, 0.6) is 11.5 Å². The molecule has 0 spiro atoms. The Morgan fingerprint density at radius 1 is 1.10 bits per heavy atom. The maximum atomic E-state index is 14.1. The topological polar surface area (TPSA) is 70.8 Å². The van der Waals surface area contributed by atoms with Gasteiger partial charge in [-0.15, -0.1) is 11.8 Å². The first-order valence-electron chi connectivity index (χ1n) is 8.99. The van der Waals surface area contributed by atoms with Crippen LogP contribution in [-0.2, 0) is 0 Å². The van der Waals surface area contributed by atoms with Gasteiger partial charge in [0.1, 0.15) is 17.7 Å². The lowest BCUT2D eigenvalue weighted by Gasteiger charge is -2.14. The molecule has 0 atom stereocenters. The fraction of sp³-hybridized carbons (Fsp3) is 0.190. The molecule has 1 saturated carbocycles. The van der Waals surface area contributed by atoms with Crippen LogP contribution in [0.2, 0.25) is 0 Å². The lowest BCUT2D eigenvalue weighted by atomic mass is 10.3. The maximum Gasteiger partial charge on any atom is 0.175 e. The van der Waals surface area contributed by atoms with Crippen molar-refractivity contribution in [1.29, 1.82) is 5.26 Å². The van der Waals surface area contributed by atoms with E-state index in [1.807, 2.05) is 6.07 Å². The van der Waals surface area contributed by atoms with Gasteiger partial charge < -0.3 is 10.1 Å². The molecule has 1 aromatic carbocycles. The van der Waals surface area contributed by atoms with Crippen molar-refractivity contribution in [2.75, 3.05) is 11.1 Å². The van der Waals surface area contributed by atoms with Gasteiger partial charge in [-0.3, -0.25) is 0 Å². The van der Waals surface area contributed by atoms with Crippen molar-refractivity contribution in [1.82, 2.24) is 9.97 Å². The highest BCUT2D eigenvalue weighted by Crippen LogP contribution is 2.38. The van der Waals surface area contributed by atoms with Crippen molar-refractivity contribution in [2.24, 2.45) is 5.92 Å². The molecule has 1 fully saturated rings. The number of nitrogens with one attached hydrogen (secondary N) is 1. The van der Waals surface area contributed by atoms with Gasteiger partial charge in [0.15, 0.2) is 23.1 Å². The van der Waals surface area contributed by atoms with Gasteiger partial charge in [0.05, 0.1) is 5.56 Å². The molecule has 1 aliphatic carbocycles. The summed E-state index contributed by atoms with van der Waals surface area (Å²) >= 11 is 1.67. The molecule has 2 aromatic heterocycles. The van der Waals surface area contributed by atoms with Crippen molar-refractivity contribution < 1.29 is 13.5 Å². The number of pyridine rings is 2. The standard InChI is InChI=1S/C21H16F2N4OS/c22-15-4-5-18(17(23)7-15)28-19-8-16(29-12-13-1-2-13)11-26-21(19)27-20-6-3-14(9-24)10-25-20/h3-8,10-11,13H,1-2,12H2,(H,25,26,27). The van der Waals surface area contributed by atoms with Gasteiger partial charge in [0.2, 0.25) is 0 Å². The Balaban J connectivity index is 1.61. The van der Waals surface area contributed by atoms with Crippen molar-refractivity contribution in [2.45, 2.75) is 17.7 Å². The normalized spacial score (nSPS) is 13.0. The molecule has 2 heterocycles. The highest BCUT2D eigenvalue weighted by atomic mass is 32.2. The third-order valence-electron chi connectivity index (χ3n) is 4.26. The Bertz CT molecular complexity index is 1070. The zero-order valence-electron chi connectivity index (χ0n) is 15.2. The number of hydrogen-bond acceptors (Lipinski definition) is 6. The molecule has 8 heteroatoms. The van der Waals surface area contributed by atoms with Gasteiger partial charge in [-0.05, 0) is 49.1 Å². The number of anilines is 2. The minimum atomic E-state index is -0.802. The van der Waals surface area contributed by atoms with E-state index < -0.39 is 11.6 Å². The number of aromatic nitrogens is 2. The molecule has 3 aromatic rings. The monoisotopic (exact) mass is 410 g/mol. The predicted octanol–water partition coefficient (Wildman–Crippen LogP) is 5.66. The molecule has 29 heavy (non-hydrogen) atoms. The predicted molar refractivity (Wildman–Crippen MR) is 106 cm³/mol. The van der Waals surface area contributed by atoms with Crippen LogP contribution in [0.4, 0.5) is 20.4 Å². The lowest BCUT2D eigenvalue weighted by molar-refractivity contribution is 0.437. The maximum absolute atomic E-state index is 14.1. The lowest BCUT2D eigenvalue weighted by Crippen LogP contribution is -2.00. The van der Waals surface area contributed by atoms with Crippen LogP contribution in [0.25, 0.3) is 0 Å². The Kier molecular flexibility index (Phi) is 5.58. The number of halogens is 2. The quantitative estimate of drug-likeness (QED) is 0.507. The van der Waals surface area contributed by atoms with E-state index in [4.69, 9.17) is 10.00 Å². The molecule has 1 aliphatic rings. The largest absolute Gasteiger partial charge is 0.450 e. The van der Waals surface area contributed by atoms with E-state index in [-0.39, 0.29) is 5.75 Å². The molecule has 0 amide bonds. The molecule has 146 valence electrons. The van der Waals surface area contributed by atoms with Gasteiger partial charge in [-0.2, -0.15) is 5.26 Å². The second kappa shape index (κ2) is 8.45. The molecule has 1 N–H and O–H groups in total. The third-order valence-corrected chi connectivity index (χ3v) is 5.46. The van der Waals surface area contributed by atoms with Crippen LogP contribution in [0, 0.1) is 28.9 Å². The minimum absolute atomic E-state index is 0.103. The smallest absolute Gasteiger partial charge is 0.175 e. The Morgan fingerprint density at radius 2 is 1.97 bits per heavy atom. The first kappa shape index (κ1) is 19.2. The summed E-state index contributed by atoms with van der Waals surface area (Å²) in [6, 6.07) is 10.2. The van der Waals surface area contributed by atoms with Crippen molar-refractivity contribution in [3.05, 3.63) is 66.0 Å².